The summed E-state index contributed by atoms with van der Waals surface area (Å²) in [5, 5.41) is 12.7. The fraction of sp³-hybridized carbons (Fsp3) is 0.583. The molecule has 1 fully saturated rings. The van der Waals surface area contributed by atoms with Gasteiger partial charge >= 0.3 is 0 Å². The molecule has 1 saturated carbocycles. The van der Waals surface area contributed by atoms with Crippen LogP contribution < -0.4 is 5.32 Å². The number of rotatable bonds is 3. The van der Waals surface area contributed by atoms with Gasteiger partial charge in [0.05, 0.1) is 22.4 Å². The van der Waals surface area contributed by atoms with Gasteiger partial charge in [0.25, 0.3) is 0 Å². The summed E-state index contributed by atoms with van der Waals surface area (Å²) in [6.45, 7) is 0. The zero-order chi connectivity index (χ0) is 12.3. The number of carbonyl (C=O) groups is 1. The number of nitrogens with one attached hydrogen (secondary N) is 1. The third-order valence-electron chi connectivity index (χ3n) is 3.04. The van der Waals surface area contributed by atoms with Crippen LogP contribution >= 0.6 is 27.3 Å². The van der Waals surface area contributed by atoms with Crippen molar-refractivity contribution in [2.45, 2.75) is 44.2 Å². The van der Waals surface area contributed by atoms with E-state index in [1.807, 2.05) is 12.1 Å². The quantitative estimate of drug-likeness (QED) is 0.899. The molecule has 1 aromatic heterocycles. The van der Waals surface area contributed by atoms with Gasteiger partial charge in [-0.15, -0.1) is 11.3 Å². The first-order valence-electron chi connectivity index (χ1n) is 5.87. The number of thiophene rings is 1. The highest BCUT2D eigenvalue weighted by Gasteiger charge is 2.24. The van der Waals surface area contributed by atoms with Crippen LogP contribution in [0, 0.1) is 0 Å². The lowest BCUT2D eigenvalue weighted by Gasteiger charge is -2.28. The van der Waals surface area contributed by atoms with Gasteiger partial charge in [-0.05, 0) is 40.9 Å². The molecule has 0 saturated heterocycles. The SMILES string of the molecule is O=C(Cc1ccc(Br)s1)NC1CCCCC1O. The second-order valence-electron chi connectivity index (χ2n) is 4.41. The Kier molecular flexibility index (Phi) is 4.59. The van der Waals surface area contributed by atoms with Crippen LogP contribution in [0.5, 0.6) is 0 Å². The van der Waals surface area contributed by atoms with E-state index in [-0.39, 0.29) is 18.1 Å². The Hall–Kier alpha value is -0.390. The van der Waals surface area contributed by atoms with Crippen molar-refractivity contribution in [3.63, 3.8) is 0 Å². The van der Waals surface area contributed by atoms with E-state index in [0.717, 1.165) is 34.3 Å². The first-order valence-corrected chi connectivity index (χ1v) is 7.48. The van der Waals surface area contributed by atoms with Crippen LogP contribution in [0.4, 0.5) is 0 Å². The maximum atomic E-state index is 11.8. The Labute approximate surface area is 113 Å². The van der Waals surface area contributed by atoms with Crippen molar-refractivity contribution in [3.8, 4) is 0 Å². The molecule has 2 N–H and O–H groups in total. The molecule has 0 radical (unpaired) electrons. The number of halogens is 1. The Balaban J connectivity index is 1.84. The van der Waals surface area contributed by atoms with E-state index in [2.05, 4.69) is 21.2 Å². The lowest BCUT2D eigenvalue weighted by atomic mass is 9.92. The van der Waals surface area contributed by atoms with E-state index in [0.29, 0.717) is 6.42 Å². The predicted molar refractivity (Wildman–Crippen MR) is 72.1 cm³/mol. The first-order chi connectivity index (χ1) is 8.15. The van der Waals surface area contributed by atoms with E-state index in [4.69, 9.17) is 0 Å². The molecule has 1 heterocycles. The van der Waals surface area contributed by atoms with Gasteiger partial charge in [0.2, 0.25) is 5.91 Å². The third kappa shape index (κ3) is 3.79. The van der Waals surface area contributed by atoms with Crippen molar-refractivity contribution in [1.82, 2.24) is 5.32 Å². The number of hydrogen-bond acceptors (Lipinski definition) is 3. The maximum Gasteiger partial charge on any atom is 0.225 e. The van der Waals surface area contributed by atoms with Gasteiger partial charge in [0, 0.05) is 4.88 Å². The molecule has 17 heavy (non-hydrogen) atoms. The summed E-state index contributed by atoms with van der Waals surface area (Å²) in [5.41, 5.74) is 0. The fourth-order valence-electron chi connectivity index (χ4n) is 2.14. The molecule has 1 amide bonds. The summed E-state index contributed by atoms with van der Waals surface area (Å²) in [6, 6.07) is 3.84. The molecule has 1 aromatic rings. The molecule has 3 nitrogen and oxygen atoms in total. The summed E-state index contributed by atoms with van der Waals surface area (Å²) >= 11 is 4.95. The zero-order valence-electron chi connectivity index (χ0n) is 9.49. The van der Waals surface area contributed by atoms with Crippen molar-refractivity contribution < 1.29 is 9.90 Å². The molecule has 0 bridgehead atoms. The van der Waals surface area contributed by atoms with Crippen molar-refractivity contribution >= 4 is 33.2 Å². The van der Waals surface area contributed by atoms with Gasteiger partial charge in [0.1, 0.15) is 0 Å². The van der Waals surface area contributed by atoms with Gasteiger partial charge in [-0.1, -0.05) is 12.8 Å². The van der Waals surface area contributed by atoms with Crippen molar-refractivity contribution in [1.29, 1.82) is 0 Å². The second-order valence-corrected chi connectivity index (χ2v) is 6.96. The Morgan fingerprint density at radius 2 is 2.24 bits per heavy atom. The van der Waals surface area contributed by atoms with Gasteiger partial charge in [-0.2, -0.15) is 0 Å². The van der Waals surface area contributed by atoms with Crippen molar-refractivity contribution in [2.24, 2.45) is 0 Å². The van der Waals surface area contributed by atoms with E-state index in [1.165, 1.54) is 0 Å². The normalized spacial score (nSPS) is 24.6. The first kappa shape index (κ1) is 13.1. The topological polar surface area (TPSA) is 49.3 Å². The summed E-state index contributed by atoms with van der Waals surface area (Å²) in [4.78, 5) is 12.8. The molecule has 94 valence electrons. The predicted octanol–water partition coefficient (Wildman–Crippen LogP) is 2.47. The van der Waals surface area contributed by atoms with E-state index in [9.17, 15) is 9.90 Å². The summed E-state index contributed by atoms with van der Waals surface area (Å²) < 4.78 is 1.04. The monoisotopic (exact) mass is 317 g/mol. The third-order valence-corrected chi connectivity index (χ3v) is 4.66. The molecular formula is C12H16BrNO2S. The van der Waals surface area contributed by atoms with Crippen LogP contribution in [0.15, 0.2) is 15.9 Å². The number of aliphatic hydroxyl groups is 1. The minimum atomic E-state index is -0.372. The molecule has 1 aliphatic carbocycles. The molecule has 0 aliphatic heterocycles. The number of carbonyl (C=O) groups excluding carboxylic acids is 1. The highest BCUT2D eigenvalue weighted by Crippen LogP contribution is 2.23. The highest BCUT2D eigenvalue weighted by molar-refractivity contribution is 9.11. The molecule has 2 rings (SSSR count). The van der Waals surface area contributed by atoms with Crippen molar-refractivity contribution in [2.75, 3.05) is 0 Å². The average Bonchev–Trinajstić information content (AvgIpc) is 2.67. The fourth-order valence-corrected chi connectivity index (χ4v) is 3.62. The van der Waals surface area contributed by atoms with E-state index in [1.54, 1.807) is 11.3 Å². The number of aliphatic hydroxyl groups excluding tert-OH is 1. The summed E-state index contributed by atoms with van der Waals surface area (Å²) in [5.74, 6) is 0.00491. The van der Waals surface area contributed by atoms with E-state index >= 15 is 0 Å². The smallest absolute Gasteiger partial charge is 0.225 e. The number of amides is 1. The minimum Gasteiger partial charge on any atom is -0.391 e. The maximum absolute atomic E-state index is 11.8. The Morgan fingerprint density at radius 3 is 2.88 bits per heavy atom. The van der Waals surface area contributed by atoms with Crippen LogP contribution in [0.2, 0.25) is 0 Å². The summed E-state index contributed by atoms with van der Waals surface area (Å²) in [7, 11) is 0. The van der Waals surface area contributed by atoms with Gasteiger partial charge in [-0.3, -0.25) is 4.79 Å². The Morgan fingerprint density at radius 1 is 1.47 bits per heavy atom. The van der Waals surface area contributed by atoms with Crippen molar-refractivity contribution in [3.05, 3.63) is 20.8 Å². The lowest BCUT2D eigenvalue weighted by molar-refractivity contribution is -0.122. The zero-order valence-corrected chi connectivity index (χ0v) is 11.9. The van der Waals surface area contributed by atoms with Crippen LogP contribution in [0.25, 0.3) is 0 Å². The molecule has 1 aliphatic rings. The lowest BCUT2D eigenvalue weighted by Crippen LogP contribution is -2.45. The van der Waals surface area contributed by atoms with Gasteiger partial charge < -0.3 is 10.4 Å². The average molecular weight is 318 g/mol. The number of hydrogen-bond donors (Lipinski definition) is 2. The molecule has 0 spiro atoms. The largest absolute Gasteiger partial charge is 0.391 e. The highest BCUT2D eigenvalue weighted by atomic mass is 79.9. The van der Waals surface area contributed by atoms with Gasteiger partial charge in [-0.25, -0.2) is 0 Å². The van der Waals surface area contributed by atoms with Crippen LogP contribution in [-0.2, 0) is 11.2 Å². The molecule has 5 heteroatoms. The van der Waals surface area contributed by atoms with Gasteiger partial charge in [0.15, 0.2) is 0 Å². The molecule has 0 aromatic carbocycles. The molecule has 2 atom stereocenters. The van der Waals surface area contributed by atoms with Crippen LogP contribution in [0.3, 0.4) is 0 Å². The standard InChI is InChI=1S/C12H16BrNO2S/c13-11-6-5-8(17-11)7-12(16)14-9-3-1-2-4-10(9)15/h5-6,9-10,15H,1-4,7H2,(H,14,16). The summed E-state index contributed by atoms with van der Waals surface area (Å²) in [6.07, 6.45) is 3.87. The van der Waals surface area contributed by atoms with E-state index < -0.39 is 0 Å². The second kappa shape index (κ2) is 5.98. The minimum absolute atomic E-state index is 0.00491. The Bertz CT molecular complexity index is 394. The molecular weight excluding hydrogens is 302 g/mol. The van der Waals surface area contributed by atoms with Crippen LogP contribution in [0.1, 0.15) is 30.6 Å². The van der Waals surface area contributed by atoms with Crippen LogP contribution in [-0.4, -0.2) is 23.2 Å². The molecule has 2 unspecified atom stereocenters.